The maximum absolute atomic E-state index is 13.4. The molecule has 0 atom stereocenters. The number of halogens is 3. The summed E-state index contributed by atoms with van der Waals surface area (Å²) in [7, 11) is 1.24. The van der Waals surface area contributed by atoms with Gasteiger partial charge in [-0.2, -0.15) is 13.2 Å². The molecule has 0 unspecified atom stereocenters. The number of methoxy groups -OCH3 is 1. The summed E-state index contributed by atoms with van der Waals surface area (Å²) >= 11 is 0. The molecule has 2 aliphatic rings. The molecule has 4 nitrogen and oxygen atoms in total. The van der Waals surface area contributed by atoms with E-state index >= 15 is 0 Å². The highest BCUT2D eigenvalue weighted by molar-refractivity contribution is 5.85. The fourth-order valence-corrected chi connectivity index (χ4v) is 3.03. The minimum atomic E-state index is -4.56. The second-order valence-electron chi connectivity index (χ2n) is 6.10. The standard InChI is InChI=1S/C14H20F3NO3/c1-21-11(20)12(7-8-12)9-18-10(19)13(14(15,16)17)5-3-2-4-6-13/h2-9H2,1H3,(H,18,19). The minimum Gasteiger partial charge on any atom is -0.469 e. The first kappa shape index (κ1) is 16.1. The van der Waals surface area contributed by atoms with Crippen LogP contribution in [0.5, 0.6) is 0 Å². The third-order valence-corrected chi connectivity index (χ3v) is 4.74. The van der Waals surface area contributed by atoms with Crippen LogP contribution in [0.25, 0.3) is 0 Å². The van der Waals surface area contributed by atoms with E-state index in [0.717, 1.165) is 6.42 Å². The average molecular weight is 307 g/mol. The molecule has 1 amide bonds. The van der Waals surface area contributed by atoms with Crippen LogP contribution in [-0.4, -0.2) is 31.7 Å². The normalized spacial score (nSPS) is 23.2. The van der Waals surface area contributed by atoms with Gasteiger partial charge in [-0.05, 0) is 25.7 Å². The zero-order valence-electron chi connectivity index (χ0n) is 12.0. The maximum Gasteiger partial charge on any atom is 0.403 e. The number of esters is 1. The molecule has 0 aromatic carbocycles. The molecule has 2 fully saturated rings. The summed E-state index contributed by atoms with van der Waals surface area (Å²) in [5.41, 5.74) is -3.11. The van der Waals surface area contributed by atoms with Gasteiger partial charge in [0.1, 0.15) is 5.41 Å². The molecule has 120 valence electrons. The second-order valence-corrected chi connectivity index (χ2v) is 6.10. The van der Waals surface area contributed by atoms with Gasteiger partial charge in [0, 0.05) is 6.54 Å². The number of alkyl halides is 3. The molecule has 0 spiro atoms. The van der Waals surface area contributed by atoms with Gasteiger partial charge in [-0.25, -0.2) is 0 Å². The number of rotatable bonds is 4. The minimum absolute atomic E-state index is 0.0731. The number of hydrogen-bond donors (Lipinski definition) is 1. The molecule has 1 N–H and O–H groups in total. The molecule has 0 saturated heterocycles. The molecule has 0 radical (unpaired) electrons. The van der Waals surface area contributed by atoms with Crippen LogP contribution in [0.3, 0.4) is 0 Å². The highest BCUT2D eigenvalue weighted by atomic mass is 19.4. The van der Waals surface area contributed by atoms with Gasteiger partial charge in [0.15, 0.2) is 0 Å². The topological polar surface area (TPSA) is 55.4 Å². The lowest BCUT2D eigenvalue weighted by molar-refractivity contribution is -0.230. The van der Waals surface area contributed by atoms with Crippen molar-refractivity contribution in [3.8, 4) is 0 Å². The Morgan fingerprint density at radius 1 is 1.10 bits per heavy atom. The number of carbonyl (C=O) groups is 2. The van der Waals surface area contributed by atoms with Crippen LogP contribution >= 0.6 is 0 Å². The first-order valence-corrected chi connectivity index (χ1v) is 7.21. The van der Waals surface area contributed by atoms with E-state index in [2.05, 4.69) is 10.1 Å². The Morgan fingerprint density at radius 3 is 2.10 bits per heavy atom. The molecule has 21 heavy (non-hydrogen) atoms. The number of amides is 1. The van der Waals surface area contributed by atoms with E-state index in [0.29, 0.717) is 25.7 Å². The summed E-state index contributed by atoms with van der Waals surface area (Å²) in [4.78, 5) is 23.7. The van der Waals surface area contributed by atoms with Gasteiger partial charge in [0.25, 0.3) is 0 Å². The monoisotopic (exact) mass is 307 g/mol. The first-order chi connectivity index (χ1) is 9.77. The van der Waals surface area contributed by atoms with Crippen molar-refractivity contribution >= 4 is 11.9 Å². The third-order valence-electron chi connectivity index (χ3n) is 4.74. The Kier molecular flexibility index (Phi) is 4.22. The van der Waals surface area contributed by atoms with Crippen molar-refractivity contribution in [2.75, 3.05) is 13.7 Å². The number of carbonyl (C=O) groups excluding carboxylic acids is 2. The smallest absolute Gasteiger partial charge is 0.403 e. The zero-order chi connectivity index (χ0) is 15.7. The average Bonchev–Trinajstić information content (AvgIpc) is 3.24. The van der Waals surface area contributed by atoms with E-state index < -0.39 is 28.9 Å². The SMILES string of the molecule is COC(=O)C1(CNC(=O)C2(C(F)(F)F)CCCCC2)CC1. The van der Waals surface area contributed by atoms with Crippen molar-refractivity contribution in [2.45, 2.75) is 51.1 Å². The van der Waals surface area contributed by atoms with Crippen LogP contribution in [0.4, 0.5) is 13.2 Å². The predicted octanol–water partition coefficient (Wildman–Crippen LogP) is 2.57. The van der Waals surface area contributed by atoms with Gasteiger partial charge in [-0.1, -0.05) is 19.3 Å². The molecule has 2 saturated carbocycles. The van der Waals surface area contributed by atoms with Gasteiger partial charge < -0.3 is 10.1 Å². The Labute approximate surface area is 121 Å². The summed E-state index contributed by atoms with van der Waals surface area (Å²) in [5.74, 6) is -1.46. The predicted molar refractivity (Wildman–Crippen MR) is 68.3 cm³/mol. The van der Waals surface area contributed by atoms with Crippen LogP contribution in [0.1, 0.15) is 44.9 Å². The largest absolute Gasteiger partial charge is 0.469 e. The molecular formula is C14H20F3NO3. The Balaban J connectivity index is 2.05. The van der Waals surface area contributed by atoms with E-state index in [1.54, 1.807) is 0 Å². The molecule has 7 heteroatoms. The molecule has 0 aliphatic heterocycles. The Morgan fingerprint density at radius 2 is 1.67 bits per heavy atom. The second kappa shape index (κ2) is 5.50. The van der Waals surface area contributed by atoms with Gasteiger partial charge in [-0.15, -0.1) is 0 Å². The maximum atomic E-state index is 13.4. The van der Waals surface area contributed by atoms with Gasteiger partial charge in [0.05, 0.1) is 12.5 Å². The van der Waals surface area contributed by atoms with Gasteiger partial charge >= 0.3 is 12.1 Å². The fourth-order valence-electron chi connectivity index (χ4n) is 3.03. The van der Waals surface area contributed by atoms with Crippen LogP contribution in [0.2, 0.25) is 0 Å². The molecule has 2 aliphatic carbocycles. The third kappa shape index (κ3) is 2.87. The van der Waals surface area contributed by atoms with E-state index in [-0.39, 0.29) is 19.4 Å². The van der Waals surface area contributed by atoms with Gasteiger partial charge in [0.2, 0.25) is 5.91 Å². The van der Waals surface area contributed by atoms with Crippen molar-refractivity contribution in [3.63, 3.8) is 0 Å². The Hall–Kier alpha value is -1.27. The summed E-state index contributed by atoms with van der Waals surface area (Å²) < 4.78 is 44.7. The van der Waals surface area contributed by atoms with Crippen molar-refractivity contribution in [1.82, 2.24) is 5.32 Å². The van der Waals surface area contributed by atoms with E-state index in [4.69, 9.17) is 0 Å². The summed E-state index contributed by atoms with van der Waals surface area (Å²) in [6, 6.07) is 0. The zero-order valence-corrected chi connectivity index (χ0v) is 12.0. The molecule has 2 rings (SSSR count). The van der Waals surface area contributed by atoms with Crippen LogP contribution in [-0.2, 0) is 14.3 Å². The first-order valence-electron chi connectivity index (χ1n) is 7.21. The quantitative estimate of drug-likeness (QED) is 0.812. The van der Waals surface area contributed by atoms with Crippen LogP contribution in [0, 0.1) is 10.8 Å². The molecule has 0 aromatic rings. The molecule has 0 bridgehead atoms. The van der Waals surface area contributed by atoms with E-state index in [1.165, 1.54) is 7.11 Å². The lowest BCUT2D eigenvalue weighted by atomic mass is 9.72. The highest BCUT2D eigenvalue weighted by Gasteiger charge is 2.60. The van der Waals surface area contributed by atoms with E-state index in [1.807, 2.05) is 0 Å². The Bertz CT molecular complexity index is 424. The number of hydrogen-bond acceptors (Lipinski definition) is 3. The number of ether oxygens (including phenoxy) is 1. The fraction of sp³-hybridized carbons (Fsp3) is 0.857. The number of nitrogens with one attached hydrogen (secondary N) is 1. The molecule has 0 heterocycles. The highest BCUT2D eigenvalue weighted by Crippen LogP contribution is 2.50. The van der Waals surface area contributed by atoms with Crippen LogP contribution in [0.15, 0.2) is 0 Å². The summed E-state index contributed by atoms with van der Waals surface area (Å²) in [6.07, 6.45) is -2.31. The van der Waals surface area contributed by atoms with Gasteiger partial charge in [-0.3, -0.25) is 9.59 Å². The van der Waals surface area contributed by atoms with Crippen molar-refractivity contribution in [2.24, 2.45) is 10.8 Å². The molecule has 0 aromatic heterocycles. The molecular weight excluding hydrogens is 287 g/mol. The van der Waals surface area contributed by atoms with Crippen molar-refractivity contribution < 1.29 is 27.5 Å². The lowest BCUT2D eigenvalue weighted by Gasteiger charge is -2.37. The summed E-state index contributed by atoms with van der Waals surface area (Å²) in [6.45, 7) is -0.0731. The van der Waals surface area contributed by atoms with Crippen molar-refractivity contribution in [1.29, 1.82) is 0 Å². The van der Waals surface area contributed by atoms with Crippen LogP contribution < -0.4 is 5.32 Å². The van der Waals surface area contributed by atoms with E-state index in [9.17, 15) is 22.8 Å². The lowest BCUT2D eigenvalue weighted by Crippen LogP contribution is -2.53. The van der Waals surface area contributed by atoms with Crippen molar-refractivity contribution in [3.05, 3.63) is 0 Å². The summed E-state index contributed by atoms with van der Waals surface area (Å²) in [5, 5.41) is 2.36.